The Balaban J connectivity index is 2.01. The summed E-state index contributed by atoms with van der Waals surface area (Å²) in [7, 11) is 0. The van der Waals surface area contributed by atoms with Crippen LogP contribution in [0.25, 0.3) is 0 Å². The predicted molar refractivity (Wildman–Crippen MR) is 91.4 cm³/mol. The van der Waals surface area contributed by atoms with Crippen molar-refractivity contribution in [2.75, 3.05) is 16.8 Å². The number of aryl methyl sites for hydroxylation is 1. The van der Waals surface area contributed by atoms with E-state index in [9.17, 15) is 4.79 Å². The third-order valence-corrected chi connectivity index (χ3v) is 4.46. The van der Waals surface area contributed by atoms with Crippen LogP contribution in [-0.4, -0.2) is 11.7 Å². The lowest BCUT2D eigenvalue weighted by atomic mass is 10.2. The van der Waals surface area contributed by atoms with Crippen molar-refractivity contribution < 1.29 is 4.79 Å². The third kappa shape index (κ3) is 4.30. The number of benzene rings is 2. The predicted octanol–water partition coefficient (Wildman–Crippen LogP) is 4.61. The van der Waals surface area contributed by atoms with Crippen LogP contribution in [0.1, 0.15) is 5.56 Å². The average molecular weight is 341 g/mol. The number of halogens is 2. The fourth-order valence-corrected chi connectivity index (χ4v) is 3.06. The van der Waals surface area contributed by atoms with Crippen molar-refractivity contribution in [1.29, 1.82) is 0 Å². The first-order valence-electron chi connectivity index (χ1n) is 6.20. The van der Waals surface area contributed by atoms with Crippen LogP contribution in [0.15, 0.2) is 41.3 Å². The van der Waals surface area contributed by atoms with Gasteiger partial charge in [-0.3, -0.25) is 4.79 Å². The van der Waals surface area contributed by atoms with Crippen molar-refractivity contribution in [3.05, 3.63) is 52.0 Å². The maximum atomic E-state index is 12.0. The van der Waals surface area contributed by atoms with Crippen LogP contribution < -0.4 is 11.1 Å². The van der Waals surface area contributed by atoms with E-state index in [1.54, 1.807) is 18.2 Å². The maximum absolute atomic E-state index is 12.0. The fourth-order valence-electron chi connectivity index (χ4n) is 1.70. The molecule has 0 aromatic heterocycles. The Bertz CT molecular complexity index is 656. The topological polar surface area (TPSA) is 55.1 Å². The Morgan fingerprint density at radius 2 is 1.90 bits per heavy atom. The van der Waals surface area contributed by atoms with Gasteiger partial charge < -0.3 is 11.1 Å². The molecule has 0 bridgehead atoms. The van der Waals surface area contributed by atoms with E-state index in [0.717, 1.165) is 10.5 Å². The van der Waals surface area contributed by atoms with Gasteiger partial charge in [0.15, 0.2) is 0 Å². The van der Waals surface area contributed by atoms with E-state index in [1.165, 1.54) is 11.8 Å². The van der Waals surface area contributed by atoms with Gasteiger partial charge in [0.1, 0.15) is 0 Å². The number of para-hydroxylation sites is 1. The molecule has 0 aliphatic carbocycles. The number of hydrogen-bond donors (Lipinski definition) is 2. The van der Waals surface area contributed by atoms with Gasteiger partial charge in [-0.05, 0) is 36.8 Å². The number of thioether (sulfide) groups is 1. The largest absolute Gasteiger partial charge is 0.398 e. The van der Waals surface area contributed by atoms with E-state index in [4.69, 9.17) is 28.9 Å². The summed E-state index contributed by atoms with van der Waals surface area (Å²) in [5.41, 5.74) is 8.08. The number of anilines is 2. The minimum absolute atomic E-state index is 0.184. The van der Waals surface area contributed by atoms with E-state index in [2.05, 4.69) is 5.32 Å². The van der Waals surface area contributed by atoms with Gasteiger partial charge in [0.2, 0.25) is 5.91 Å². The summed E-state index contributed by atoms with van der Waals surface area (Å²) in [4.78, 5) is 12.9. The zero-order valence-corrected chi connectivity index (χ0v) is 13.6. The third-order valence-electron chi connectivity index (χ3n) is 2.76. The molecule has 0 spiro atoms. The Labute approximate surface area is 137 Å². The minimum Gasteiger partial charge on any atom is -0.398 e. The van der Waals surface area contributed by atoms with Gasteiger partial charge in [-0.2, -0.15) is 0 Å². The Morgan fingerprint density at radius 1 is 1.24 bits per heavy atom. The summed E-state index contributed by atoms with van der Waals surface area (Å²) in [6.45, 7) is 1.98. The second-order valence-electron chi connectivity index (χ2n) is 4.47. The molecule has 3 N–H and O–H groups in total. The molecule has 2 rings (SSSR count). The molecule has 0 fully saturated rings. The molecule has 21 heavy (non-hydrogen) atoms. The first-order valence-corrected chi connectivity index (χ1v) is 7.94. The fraction of sp³-hybridized carbons (Fsp3) is 0.133. The summed E-state index contributed by atoms with van der Waals surface area (Å²) < 4.78 is 0. The quantitative estimate of drug-likeness (QED) is 0.630. The van der Waals surface area contributed by atoms with Gasteiger partial charge in [-0.25, -0.2) is 0 Å². The second kappa shape index (κ2) is 7.07. The second-order valence-corrected chi connectivity index (χ2v) is 6.31. The number of amides is 1. The number of nitrogen functional groups attached to an aromatic ring is 1. The number of hydrogen-bond acceptors (Lipinski definition) is 3. The molecule has 0 aliphatic rings. The Morgan fingerprint density at radius 3 is 2.57 bits per heavy atom. The van der Waals surface area contributed by atoms with Crippen molar-refractivity contribution >= 4 is 52.2 Å². The van der Waals surface area contributed by atoms with Crippen LogP contribution in [0.5, 0.6) is 0 Å². The Kier molecular flexibility index (Phi) is 5.39. The van der Waals surface area contributed by atoms with Crippen LogP contribution in [0, 0.1) is 6.92 Å². The Hall–Kier alpha value is -1.36. The zero-order chi connectivity index (χ0) is 15.4. The highest BCUT2D eigenvalue weighted by atomic mass is 35.5. The van der Waals surface area contributed by atoms with Gasteiger partial charge in [0.25, 0.3) is 0 Å². The van der Waals surface area contributed by atoms with Crippen molar-refractivity contribution in [3.8, 4) is 0 Å². The number of rotatable bonds is 4. The normalized spacial score (nSPS) is 10.4. The van der Waals surface area contributed by atoms with Crippen LogP contribution in [-0.2, 0) is 4.79 Å². The summed E-state index contributed by atoms with van der Waals surface area (Å²) in [5, 5.41) is 3.54. The van der Waals surface area contributed by atoms with Gasteiger partial charge in [0, 0.05) is 10.6 Å². The summed E-state index contributed by atoms with van der Waals surface area (Å²) in [6.07, 6.45) is 0. The SMILES string of the molecule is Cc1ccc(N)c(SCC(=O)Nc2c(Cl)cccc2Cl)c1. The monoisotopic (exact) mass is 340 g/mol. The van der Waals surface area contributed by atoms with E-state index >= 15 is 0 Å². The number of carbonyl (C=O) groups is 1. The molecular formula is C15H14Cl2N2OS. The maximum Gasteiger partial charge on any atom is 0.234 e. The lowest BCUT2D eigenvalue weighted by Crippen LogP contribution is -2.14. The lowest BCUT2D eigenvalue weighted by molar-refractivity contribution is -0.113. The van der Waals surface area contributed by atoms with E-state index in [-0.39, 0.29) is 11.7 Å². The van der Waals surface area contributed by atoms with Crippen LogP contribution in [0.2, 0.25) is 10.0 Å². The molecule has 0 unspecified atom stereocenters. The van der Waals surface area contributed by atoms with Gasteiger partial charge in [-0.15, -0.1) is 11.8 Å². The number of carbonyl (C=O) groups excluding carboxylic acids is 1. The molecule has 2 aromatic rings. The minimum atomic E-state index is -0.184. The summed E-state index contributed by atoms with van der Waals surface area (Å²) >= 11 is 13.4. The molecular weight excluding hydrogens is 327 g/mol. The van der Waals surface area contributed by atoms with E-state index in [0.29, 0.717) is 21.4 Å². The molecule has 0 saturated heterocycles. The van der Waals surface area contributed by atoms with Crippen molar-refractivity contribution in [2.45, 2.75) is 11.8 Å². The van der Waals surface area contributed by atoms with E-state index < -0.39 is 0 Å². The molecule has 1 amide bonds. The highest BCUT2D eigenvalue weighted by Gasteiger charge is 2.10. The summed E-state index contributed by atoms with van der Waals surface area (Å²) in [5.74, 6) is 0.0470. The molecule has 0 aliphatic heterocycles. The first-order chi connectivity index (χ1) is 9.97. The highest BCUT2D eigenvalue weighted by molar-refractivity contribution is 8.00. The van der Waals surface area contributed by atoms with Crippen LogP contribution in [0.4, 0.5) is 11.4 Å². The van der Waals surface area contributed by atoms with Crippen LogP contribution in [0.3, 0.4) is 0 Å². The first kappa shape index (κ1) is 16.0. The molecule has 0 radical (unpaired) electrons. The van der Waals surface area contributed by atoms with Gasteiger partial charge in [-0.1, -0.05) is 35.3 Å². The standard InChI is InChI=1S/C15H14Cl2N2OS/c1-9-5-6-12(18)13(7-9)21-8-14(20)19-15-10(16)3-2-4-11(15)17/h2-7H,8,18H2,1H3,(H,19,20). The molecule has 2 aromatic carbocycles. The van der Waals surface area contributed by atoms with Crippen molar-refractivity contribution in [2.24, 2.45) is 0 Å². The zero-order valence-electron chi connectivity index (χ0n) is 11.3. The van der Waals surface area contributed by atoms with Crippen LogP contribution >= 0.6 is 35.0 Å². The van der Waals surface area contributed by atoms with Crippen molar-refractivity contribution in [3.63, 3.8) is 0 Å². The highest BCUT2D eigenvalue weighted by Crippen LogP contribution is 2.31. The van der Waals surface area contributed by atoms with Gasteiger partial charge in [0.05, 0.1) is 21.5 Å². The average Bonchev–Trinajstić information content (AvgIpc) is 2.44. The smallest absolute Gasteiger partial charge is 0.234 e. The molecule has 0 heterocycles. The molecule has 0 saturated carbocycles. The van der Waals surface area contributed by atoms with Crippen molar-refractivity contribution in [1.82, 2.24) is 0 Å². The van der Waals surface area contributed by atoms with Gasteiger partial charge >= 0.3 is 0 Å². The molecule has 110 valence electrons. The van der Waals surface area contributed by atoms with E-state index in [1.807, 2.05) is 25.1 Å². The summed E-state index contributed by atoms with van der Waals surface area (Å²) in [6, 6.07) is 10.8. The molecule has 0 atom stereocenters. The molecule has 6 heteroatoms. The number of nitrogens with one attached hydrogen (secondary N) is 1. The lowest BCUT2D eigenvalue weighted by Gasteiger charge is -2.10. The number of nitrogens with two attached hydrogens (primary N) is 1. The molecule has 3 nitrogen and oxygen atoms in total.